The van der Waals surface area contributed by atoms with Gasteiger partial charge in [-0.3, -0.25) is 4.79 Å². The summed E-state index contributed by atoms with van der Waals surface area (Å²) in [5, 5.41) is 4.01. The van der Waals surface area contributed by atoms with Crippen LogP contribution in [-0.2, 0) is 6.42 Å². The van der Waals surface area contributed by atoms with E-state index in [2.05, 4.69) is 25.5 Å². The number of nitrogens with zero attached hydrogens (tertiary/aromatic N) is 3. The third kappa shape index (κ3) is 2.74. The number of rotatable bonds is 3. The Labute approximate surface area is 120 Å². The number of carbonyl (C=O) groups is 1. The first-order valence-corrected chi connectivity index (χ1v) is 8.06. The van der Waals surface area contributed by atoms with Gasteiger partial charge in [-0.15, -0.1) is 5.10 Å². The highest BCUT2D eigenvalue weighted by Crippen LogP contribution is 2.29. The smallest absolute Gasteiger partial charge is 0.267 e. The van der Waals surface area contributed by atoms with Crippen molar-refractivity contribution in [1.29, 1.82) is 0 Å². The van der Waals surface area contributed by atoms with Crippen LogP contribution in [0.5, 0.6) is 0 Å². The monoisotopic (exact) mass is 331 g/mol. The van der Waals surface area contributed by atoms with Gasteiger partial charge in [-0.1, -0.05) is 40.2 Å². The van der Waals surface area contributed by atoms with Gasteiger partial charge in [-0.25, -0.2) is 0 Å². The highest BCUT2D eigenvalue weighted by molar-refractivity contribution is 9.09. The van der Waals surface area contributed by atoms with Crippen LogP contribution in [0.4, 0.5) is 0 Å². The van der Waals surface area contributed by atoms with Crippen LogP contribution < -0.4 is 0 Å². The first-order valence-electron chi connectivity index (χ1n) is 6.37. The van der Waals surface area contributed by atoms with Crippen LogP contribution in [-0.4, -0.2) is 38.3 Å². The number of hydrogen-bond donors (Lipinski definition) is 0. The molecule has 0 spiro atoms. The van der Waals surface area contributed by atoms with E-state index in [4.69, 9.17) is 0 Å². The lowest BCUT2D eigenvalue weighted by atomic mass is 9.94. The van der Waals surface area contributed by atoms with Gasteiger partial charge in [-0.05, 0) is 30.8 Å². The number of carbonyl (C=O) groups excluding carboxylic acids is 1. The fraction of sp³-hybridized carbons (Fsp3) is 0.750. The summed E-state index contributed by atoms with van der Waals surface area (Å²) < 4.78 is 3.89. The fourth-order valence-electron chi connectivity index (χ4n) is 2.42. The molecule has 2 unspecified atom stereocenters. The van der Waals surface area contributed by atoms with E-state index in [9.17, 15) is 4.79 Å². The average molecular weight is 332 g/mol. The quantitative estimate of drug-likeness (QED) is 0.800. The molecule has 0 saturated heterocycles. The molecule has 1 fully saturated rings. The maximum atomic E-state index is 12.5. The second-order valence-electron chi connectivity index (χ2n) is 4.69. The van der Waals surface area contributed by atoms with Gasteiger partial charge in [0.05, 0.1) is 5.69 Å². The predicted octanol–water partition coefficient (Wildman–Crippen LogP) is 2.88. The van der Waals surface area contributed by atoms with Crippen molar-refractivity contribution in [3.05, 3.63) is 10.6 Å². The molecule has 1 aromatic heterocycles. The van der Waals surface area contributed by atoms with E-state index >= 15 is 0 Å². The molecule has 2 atom stereocenters. The number of aromatic nitrogens is 2. The summed E-state index contributed by atoms with van der Waals surface area (Å²) in [4.78, 5) is 15.4. The van der Waals surface area contributed by atoms with Gasteiger partial charge in [-0.2, -0.15) is 0 Å². The van der Waals surface area contributed by atoms with E-state index in [0.29, 0.717) is 9.70 Å². The summed E-state index contributed by atoms with van der Waals surface area (Å²) in [5.74, 6) is 0.0678. The molecule has 18 heavy (non-hydrogen) atoms. The van der Waals surface area contributed by atoms with E-state index in [1.54, 1.807) is 0 Å². The van der Waals surface area contributed by atoms with Crippen LogP contribution in [0.15, 0.2) is 0 Å². The Kier molecular flexibility index (Phi) is 4.72. The largest absolute Gasteiger partial charge is 0.337 e. The van der Waals surface area contributed by atoms with Gasteiger partial charge in [0, 0.05) is 17.9 Å². The molecule has 1 aliphatic carbocycles. The maximum Gasteiger partial charge on any atom is 0.267 e. The molecule has 0 aliphatic heterocycles. The van der Waals surface area contributed by atoms with Crippen molar-refractivity contribution in [2.24, 2.45) is 0 Å². The molecule has 6 heteroatoms. The normalized spacial score (nSPS) is 23.9. The van der Waals surface area contributed by atoms with Crippen LogP contribution in [0, 0.1) is 0 Å². The molecule has 1 aromatic rings. The molecule has 0 N–H and O–H groups in total. The van der Waals surface area contributed by atoms with Gasteiger partial charge in [0.25, 0.3) is 5.91 Å². The summed E-state index contributed by atoms with van der Waals surface area (Å²) in [6, 6.07) is 0.290. The molecule has 4 nitrogen and oxygen atoms in total. The number of amides is 1. The lowest BCUT2D eigenvalue weighted by Gasteiger charge is -2.34. The number of alkyl halides is 1. The summed E-state index contributed by atoms with van der Waals surface area (Å²) >= 11 is 4.91. The molecular formula is C12H18BrN3OS. The van der Waals surface area contributed by atoms with E-state index in [1.807, 2.05) is 18.9 Å². The Morgan fingerprint density at radius 1 is 1.50 bits per heavy atom. The van der Waals surface area contributed by atoms with Gasteiger partial charge < -0.3 is 4.90 Å². The Morgan fingerprint density at radius 2 is 2.22 bits per heavy atom. The zero-order valence-electron chi connectivity index (χ0n) is 10.7. The van der Waals surface area contributed by atoms with E-state index in [0.717, 1.165) is 25.0 Å². The number of aryl methyl sites for hydroxylation is 1. The summed E-state index contributed by atoms with van der Waals surface area (Å²) in [6.45, 7) is 2.00. The van der Waals surface area contributed by atoms with Gasteiger partial charge in [0.15, 0.2) is 0 Å². The summed E-state index contributed by atoms with van der Waals surface area (Å²) in [7, 11) is 1.89. The lowest BCUT2D eigenvalue weighted by Crippen LogP contribution is -2.44. The number of halogens is 1. The lowest BCUT2D eigenvalue weighted by molar-refractivity contribution is 0.0708. The van der Waals surface area contributed by atoms with Gasteiger partial charge in [0.1, 0.15) is 4.88 Å². The predicted molar refractivity (Wildman–Crippen MR) is 76.4 cm³/mol. The second-order valence-corrected chi connectivity index (χ2v) is 6.62. The minimum atomic E-state index is 0.0678. The summed E-state index contributed by atoms with van der Waals surface area (Å²) in [5.41, 5.74) is 0.818. The van der Waals surface area contributed by atoms with Crippen molar-refractivity contribution in [2.75, 3.05) is 7.05 Å². The first kappa shape index (κ1) is 13.9. The van der Waals surface area contributed by atoms with Crippen LogP contribution in [0.3, 0.4) is 0 Å². The van der Waals surface area contributed by atoms with Crippen LogP contribution in [0.1, 0.15) is 48.0 Å². The van der Waals surface area contributed by atoms with Crippen molar-refractivity contribution in [3.63, 3.8) is 0 Å². The third-order valence-electron chi connectivity index (χ3n) is 3.55. The zero-order chi connectivity index (χ0) is 13.1. The minimum Gasteiger partial charge on any atom is -0.337 e. The molecular weight excluding hydrogens is 314 g/mol. The molecule has 0 aromatic carbocycles. The van der Waals surface area contributed by atoms with Crippen molar-refractivity contribution < 1.29 is 4.79 Å². The molecule has 1 aliphatic rings. The topological polar surface area (TPSA) is 46.1 Å². The Morgan fingerprint density at radius 3 is 2.89 bits per heavy atom. The van der Waals surface area contributed by atoms with Gasteiger partial charge in [0.2, 0.25) is 0 Å². The molecule has 100 valence electrons. The van der Waals surface area contributed by atoms with Gasteiger partial charge >= 0.3 is 0 Å². The number of hydrogen-bond acceptors (Lipinski definition) is 4. The SMILES string of the molecule is CCc1nnsc1C(=O)N(C)C1CCCCC1Br. The molecule has 0 radical (unpaired) electrons. The average Bonchev–Trinajstić information content (AvgIpc) is 2.86. The van der Waals surface area contributed by atoms with Crippen LogP contribution in [0.25, 0.3) is 0 Å². The van der Waals surface area contributed by atoms with Crippen molar-refractivity contribution in [2.45, 2.75) is 49.9 Å². The second kappa shape index (κ2) is 6.10. The fourth-order valence-corrected chi connectivity index (χ4v) is 4.09. The van der Waals surface area contributed by atoms with Crippen molar-refractivity contribution in [3.8, 4) is 0 Å². The Hall–Kier alpha value is -0.490. The Bertz CT molecular complexity index is 423. The Balaban J connectivity index is 2.13. The van der Waals surface area contributed by atoms with Crippen molar-refractivity contribution >= 4 is 33.4 Å². The highest BCUT2D eigenvalue weighted by atomic mass is 79.9. The van der Waals surface area contributed by atoms with Crippen LogP contribution >= 0.6 is 27.5 Å². The minimum absolute atomic E-state index is 0.0678. The standard InChI is InChI=1S/C12H18BrN3OS/c1-3-9-11(18-15-14-9)12(17)16(2)10-7-5-4-6-8(10)13/h8,10H,3-7H2,1-2H3. The van der Waals surface area contributed by atoms with Crippen LogP contribution in [0.2, 0.25) is 0 Å². The van der Waals surface area contributed by atoms with E-state index < -0.39 is 0 Å². The van der Waals surface area contributed by atoms with E-state index in [-0.39, 0.29) is 11.9 Å². The summed E-state index contributed by atoms with van der Waals surface area (Å²) in [6.07, 6.45) is 5.42. The first-order chi connectivity index (χ1) is 8.65. The van der Waals surface area contributed by atoms with Crippen molar-refractivity contribution in [1.82, 2.24) is 14.5 Å². The highest BCUT2D eigenvalue weighted by Gasteiger charge is 2.31. The molecule has 0 bridgehead atoms. The maximum absolute atomic E-state index is 12.5. The molecule has 1 heterocycles. The zero-order valence-corrected chi connectivity index (χ0v) is 13.1. The molecule has 1 saturated carbocycles. The molecule has 1 amide bonds. The third-order valence-corrected chi connectivity index (χ3v) is 5.37. The molecule has 2 rings (SSSR count). The van der Waals surface area contributed by atoms with E-state index in [1.165, 1.54) is 24.4 Å².